The molecule has 1 rings (SSSR count). The SMILES string of the molecule is CN(CCCN)C(=O)CCOCC1CCCO1. The van der Waals surface area contributed by atoms with Gasteiger partial charge in [-0.3, -0.25) is 4.79 Å². The summed E-state index contributed by atoms with van der Waals surface area (Å²) in [6, 6.07) is 0. The van der Waals surface area contributed by atoms with Crippen molar-refractivity contribution < 1.29 is 14.3 Å². The molecule has 5 heteroatoms. The third-order valence-corrected chi connectivity index (χ3v) is 2.91. The lowest BCUT2D eigenvalue weighted by molar-refractivity contribution is -0.131. The standard InChI is InChI=1S/C12H24N2O3/c1-14(7-3-6-13)12(15)5-9-16-10-11-4-2-8-17-11/h11H,2-10,13H2,1H3. The Hall–Kier alpha value is -0.650. The first-order valence-electron chi connectivity index (χ1n) is 6.37. The molecule has 0 aromatic carbocycles. The lowest BCUT2D eigenvalue weighted by Crippen LogP contribution is -2.30. The Morgan fingerprint density at radius 2 is 2.41 bits per heavy atom. The fourth-order valence-electron chi connectivity index (χ4n) is 1.79. The molecule has 1 heterocycles. The van der Waals surface area contributed by atoms with E-state index >= 15 is 0 Å². The predicted octanol–water partition coefficient (Wildman–Crippen LogP) is 0.379. The summed E-state index contributed by atoms with van der Waals surface area (Å²) in [4.78, 5) is 13.3. The number of nitrogens with two attached hydrogens (primary N) is 1. The average molecular weight is 244 g/mol. The normalized spacial score (nSPS) is 19.5. The zero-order valence-electron chi connectivity index (χ0n) is 10.7. The Labute approximate surface area is 103 Å². The van der Waals surface area contributed by atoms with Crippen molar-refractivity contribution in [3.05, 3.63) is 0 Å². The van der Waals surface area contributed by atoms with Crippen LogP contribution in [0, 0.1) is 0 Å². The van der Waals surface area contributed by atoms with Crippen molar-refractivity contribution >= 4 is 5.91 Å². The van der Waals surface area contributed by atoms with Crippen molar-refractivity contribution in [2.75, 3.05) is 40.0 Å². The van der Waals surface area contributed by atoms with Crippen molar-refractivity contribution in [1.82, 2.24) is 4.90 Å². The van der Waals surface area contributed by atoms with Crippen LogP contribution >= 0.6 is 0 Å². The van der Waals surface area contributed by atoms with Crippen molar-refractivity contribution in [2.24, 2.45) is 5.73 Å². The molecule has 0 aromatic heterocycles. The van der Waals surface area contributed by atoms with Crippen molar-refractivity contribution in [1.29, 1.82) is 0 Å². The first-order valence-corrected chi connectivity index (χ1v) is 6.37. The van der Waals surface area contributed by atoms with E-state index in [1.54, 1.807) is 11.9 Å². The van der Waals surface area contributed by atoms with Gasteiger partial charge in [0.25, 0.3) is 0 Å². The fourth-order valence-corrected chi connectivity index (χ4v) is 1.79. The lowest BCUT2D eigenvalue weighted by Gasteiger charge is -2.17. The van der Waals surface area contributed by atoms with Crippen LogP contribution in [0.1, 0.15) is 25.7 Å². The van der Waals surface area contributed by atoms with E-state index in [0.29, 0.717) is 26.2 Å². The Bertz CT molecular complexity index is 218. The molecular weight excluding hydrogens is 220 g/mol. The molecule has 0 bridgehead atoms. The van der Waals surface area contributed by atoms with Crippen molar-refractivity contribution in [3.8, 4) is 0 Å². The van der Waals surface area contributed by atoms with Gasteiger partial charge < -0.3 is 20.1 Å². The number of nitrogens with zero attached hydrogens (tertiary/aromatic N) is 1. The molecule has 100 valence electrons. The van der Waals surface area contributed by atoms with Crippen LogP contribution in [0.3, 0.4) is 0 Å². The van der Waals surface area contributed by atoms with Gasteiger partial charge in [-0.15, -0.1) is 0 Å². The van der Waals surface area contributed by atoms with Crippen molar-refractivity contribution in [3.63, 3.8) is 0 Å². The van der Waals surface area contributed by atoms with Crippen LogP contribution < -0.4 is 5.73 Å². The number of amides is 1. The molecule has 1 amide bonds. The van der Waals surface area contributed by atoms with Gasteiger partial charge in [0.1, 0.15) is 0 Å². The fraction of sp³-hybridized carbons (Fsp3) is 0.917. The van der Waals surface area contributed by atoms with Crippen LogP contribution in [-0.2, 0) is 14.3 Å². The molecule has 1 saturated heterocycles. The largest absolute Gasteiger partial charge is 0.378 e. The van der Waals surface area contributed by atoms with E-state index in [-0.39, 0.29) is 12.0 Å². The second-order valence-electron chi connectivity index (χ2n) is 4.42. The van der Waals surface area contributed by atoms with E-state index in [9.17, 15) is 4.79 Å². The Morgan fingerprint density at radius 3 is 3.06 bits per heavy atom. The quantitative estimate of drug-likeness (QED) is 0.627. The highest BCUT2D eigenvalue weighted by Crippen LogP contribution is 2.11. The number of carbonyl (C=O) groups excluding carboxylic acids is 1. The van der Waals surface area contributed by atoms with Crippen LogP contribution in [0.5, 0.6) is 0 Å². The topological polar surface area (TPSA) is 64.8 Å². The van der Waals surface area contributed by atoms with E-state index in [2.05, 4.69) is 0 Å². The summed E-state index contributed by atoms with van der Waals surface area (Å²) in [5.74, 6) is 0.116. The van der Waals surface area contributed by atoms with E-state index < -0.39 is 0 Å². The highest BCUT2D eigenvalue weighted by atomic mass is 16.5. The molecule has 0 spiro atoms. The molecule has 1 fully saturated rings. The van der Waals surface area contributed by atoms with Crippen molar-refractivity contribution in [2.45, 2.75) is 31.8 Å². The van der Waals surface area contributed by atoms with E-state index in [4.69, 9.17) is 15.2 Å². The Balaban J connectivity index is 1.98. The second kappa shape index (κ2) is 8.44. The first kappa shape index (κ1) is 14.4. The summed E-state index contributed by atoms with van der Waals surface area (Å²) in [7, 11) is 1.80. The summed E-state index contributed by atoms with van der Waals surface area (Å²) in [6.45, 7) is 3.27. The third kappa shape index (κ3) is 6.00. The minimum absolute atomic E-state index is 0.116. The summed E-state index contributed by atoms with van der Waals surface area (Å²) >= 11 is 0. The molecule has 0 radical (unpaired) electrons. The van der Waals surface area contributed by atoms with Gasteiger partial charge in [0.05, 0.1) is 25.7 Å². The summed E-state index contributed by atoms with van der Waals surface area (Å²) in [5, 5.41) is 0. The van der Waals surface area contributed by atoms with E-state index in [1.807, 2.05) is 0 Å². The Kier molecular flexibility index (Phi) is 7.16. The lowest BCUT2D eigenvalue weighted by atomic mass is 10.2. The predicted molar refractivity (Wildman–Crippen MR) is 65.7 cm³/mol. The molecular formula is C12H24N2O3. The smallest absolute Gasteiger partial charge is 0.224 e. The molecule has 17 heavy (non-hydrogen) atoms. The molecule has 1 aliphatic rings. The van der Waals surface area contributed by atoms with Crippen LogP contribution in [-0.4, -0.2) is 56.9 Å². The number of rotatable bonds is 8. The maximum Gasteiger partial charge on any atom is 0.224 e. The van der Waals surface area contributed by atoms with Crippen LogP contribution in [0.15, 0.2) is 0 Å². The summed E-state index contributed by atoms with van der Waals surface area (Å²) in [5.41, 5.74) is 5.39. The minimum atomic E-state index is 0.116. The first-order chi connectivity index (χ1) is 8.24. The Morgan fingerprint density at radius 1 is 1.59 bits per heavy atom. The average Bonchev–Trinajstić information content (AvgIpc) is 2.84. The molecule has 5 nitrogen and oxygen atoms in total. The maximum atomic E-state index is 11.6. The van der Waals surface area contributed by atoms with Gasteiger partial charge in [-0.05, 0) is 25.8 Å². The van der Waals surface area contributed by atoms with Gasteiger partial charge >= 0.3 is 0 Å². The summed E-state index contributed by atoms with van der Waals surface area (Å²) < 4.78 is 10.9. The molecule has 0 saturated carbocycles. The van der Waals surface area contributed by atoms with Gasteiger partial charge in [0.15, 0.2) is 0 Å². The third-order valence-electron chi connectivity index (χ3n) is 2.91. The maximum absolute atomic E-state index is 11.6. The monoisotopic (exact) mass is 244 g/mol. The molecule has 2 N–H and O–H groups in total. The van der Waals surface area contributed by atoms with Gasteiger partial charge in [-0.2, -0.15) is 0 Å². The zero-order valence-corrected chi connectivity index (χ0v) is 10.7. The number of ether oxygens (including phenoxy) is 2. The van der Waals surface area contributed by atoms with Crippen LogP contribution in [0.4, 0.5) is 0 Å². The van der Waals surface area contributed by atoms with E-state index in [1.165, 1.54) is 0 Å². The van der Waals surface area contributed by atoms with Crippen LogP contribution in [0.25, 0.3) is 0 Å². The highest BCUT2D eigenvalue weighted by Gasteiger charge is 2.15. The molecule has 1 atom stereocenters. The zero-order chi connectivity index (χ0) is 12.5. The minimum Gasteiger partial charge on any atom is -0.378 e. The second-order valence-corrected chi connectivity index (χ2v) is 4.42. The number of carbonyl (C=O) groups is 1. The molecule has 0 aliphatic carbocycles. The number of hydrogen-bond acceptors (Lipinski definition) is 4. The number of hydrogen-bond donors (Lipinski definition) is 1. The summed E-state index contributed by atoms with van der Waals surface area (Å²) in [6.07, 6.45) is 3.71. The van der Waals surface area contributed by atoms with E-state index in [0.717, 1.165) is 32.4 Å². The highest BCUT2D eigenvalue weighted by molar-refractivity contribution is 5.75. The molecule has 1 unspecified atom stereocenters. The molecule has 0 aromatic rings. The van der Waals surface area contributed by atoms with Gasteiger partial charge in [0, 0.05) is 20.2 Å². The van der Waals surface area contributed by atoms with Gasteiger partial charge in [-0.1, -0.05) is 0 Å². The van der Waals surface area contributed by atoms with Gasteiger partial charge in [-0.25, -0.2) is 0 Å². The van der Waals surface area contributed by atoms with Crippen LogP contribution in [0.2, 0.25) is 0 Å². The van der Waals surface area contributed by atoms with Gasteiger partial charge in [0.2, 0.25) is 5.91 Å². The molecule has 1 aliphatic heterocycles.